The lowest BCUT2D eigenvalue weighted by Crippen LogP contribution is -2.41. The van der Waals surface area contributed by atoms with Crippen LogP contribution in [0.1, 0.15) is 43.4 Å². The number of aryl methyl sites for hydroxylation is 1. The molecule has 1 amide bonds. The quantitative estimate of drug-likeness (QED) is 0.873. The predicted octanol–water partition coefficient (Wildman–Crippen LogP) is 2.56. The summed E-state index contributed by atoms with van der Waals surface area (Å²) in [6.07, 6.45) is 3.03. The molecule has 0 bridgehead atoms. The molecule has 19 heavy (non-hydrogen) atoms. The van der Waals surface area contributed by atoms with Gasteiger partial charge in [-0.05, 0) is 38.3 Å². The number of rotatable bonds is 4. The molecule has 1 saturated heterocycles. The van der Waals surface area contributed by atoms with Gasteiger partial charge in [-0.1, -0.05) is 36.8 Å². The Morgan fingerprint density at radius 2 is 2.16 bits per heavy atom. The lowest BCUT2D eigenvalue weighted by molar-refractivity contribution is -0.126. The first-order valence-electron chi connectivity index (χ1n) is 7.28. The predicted molar refractivity (Wildman–Crippen MR) is 77.9 cm³/mol. The molecule has 1 aliphatic heterocycles. The van der Waals surface area contributed by atoms with E-state index in [4.69, 9.17) is 0 Å². The molecule has 0 spiro atoms. The SMILES string of the molecule is CCC(NC(=O)[C@@H]1CCCNC1)c1ccc(C)cc1. The van der Waals surface area contributed by atoms with E-state index < -0.39 is 0 Å². The zero-order valence-corrected chi connectivity index (χ0v) is 11.9. The normalized spacial score (nSPS) is 20.8. The van der Waals surface area contributed by atoms with E-state index in [9.17, 15) is 4.79 Å². The van der Waals surface area contributed by atoms with Crippen LogP contribution in [0, 0.1) is 12.8 Å². The van der Waals surface area contributed by atoms with Gasteiger partial charge in [0, 0.05) is 6.54 Å². The molecule has 3 nitrogen and oxygen atoms in total. The second kappa shape index (κ2) is 6.71. The highest BCUT2D eigenvalue weighted by Crippen LogP contribution is 2.19. The lowest BCUT2D eigenvalue weighted by Gasteiger charge is -2.25. The summed E-state index contributed by atoms with van der Waals surface area (Å²) in [4.78, 5) is 12.3. The van der Waals surface area contributed by atoms with Crippen LogP contribution in [-0.4, -0.2) is 19.0 Å². The van der Waals surface area contributed by atoms with E-state index in [1.165, 1.54) is 11.1 Å². The average molecular weight is 260 g/mol. The van der Waals surface area contributed by atoms with E-state index >= 15 is 0 Å². The summed E-state index contributed by atoms with van der Waals surface area (Å²) in [6, 6.07) is 8.57. The van der Waals surface area contributed by atoms with Crippen molar-refractivity contribution in [3.05, 3.63) is 35.4 Å². The van der Waals surface area contributed by atoms with Crippen molar-refractivity contribution < 1.29 is 4.79 Å². The van der Waals surface area contributed by atoms with Gasteiger partial charge in [-0.25, -0.2) is 0 Å². The van der Waals surface area contributed by atoms with E-state index in [1.807, 2.05) is 0 Å². The maximum Gasteiger partial charge on any atom is 0.224 e. The largest absolute Gasteiger partial charge is 0.349 e. The highest BCUT2D eigenvalue weighted by atomic mass is 16.2. The van der Waals surface area contributed by atoms with Crippen molar-refractivity contribution in [3.63, 3.8) is 0 Å². The van der Waals surface area contributed by atoms with Gasteiger partial charge >= 0.3 is 0 Å². The molecule has 1 aromatic carbocycles. The molecule has 2 N–H and O–H groups in total. The van der Waals surface area contributed by atoms with Gasteiger partial charge in [0.25, 0.3) is 0 Å². The number of benzene rings is 1. The molecular weight excluding hydrogens is 236 g/mol. The van der Waals surface area contributed by atoms with Gasteiger partial charge in [-0.2, -0.15) is 0 Å². The monoisotopic (exact) mass is 260 g/mol. The summed E-state index contributed by atoms with van der Waals surface area (Å²) in [5, 5.41) is 6.49. The third-order valence-electron chi connectivity index (χ3n) is 3.87. The first kappa shape index (κ1) is 14.1. The minimum atomic E-state index is 0.133. The summed E-state index contributed by atoms with van der Waals surface area (Å²) >= 11 is 0. The fourth-order valence-corrected chi connectivity index (χ4v) is 2.59. The van der Waals surface area contributed by atoms with Gasteiger partial charge in [-0.3, -0.25) is 4.79 Å². The fourth-order valence-electron chi connectivity index (χ4n) is 2.59. The van der Waals surface area contributed by atoms with Crippen LogP contribution in [0.3, 0.4) is 0 Å². The van der Waals surface area contributed by atoms with Gasteiger partial charge in [-0.15, -0.1) is 0 Å². The van der Waals surface area contributed by atoms with Gasteiger partial charge < -0.3 is 10.6 Å². The zero-order valence-electron chi connectivity index (χ0n) is 11.9. The number of carbonyl (C=O) groups excluding carboxylic acids is 1. The Balaban J connectivity index is 1.98. The lowest BCUT2D eigenvalue weighted by atomic mass is 9.97. The standard InChI is InChI=1S/C16H24N2O/c1-3-15(13-8-6-12(2)7-9-13)18-16(19)14-5-4-10-17-11-14/h6-9,14-15,17H,3-5,10-11H2,1-2H3,(H,18,19)/t14-,15?/m1/s1. The molecule has 3 heteroatoms. The first-order chi connectivity index (χ1) is 9.20. The second-order valence-electron chi connectivity index (χ2n) is 5.42. The number of amides is 1. The minimum Gasteiger partial charge on any atom is -0.349 e. The number of hydrogen-bond acceptors (Lipinski definition) is 2. The molecule has 1 fully saturated rings. The Bertz CT molecular complexity index is 407. The van der Waals surface area contributed by atoms with E-state index in [1.54, 1.807) is 0 Å². The Morgan fingerprint density at radius 3 is 2.74 bits per heavy atom. The summed E-state index contributed by atoms with van der Waals surface area (Å²) in [5.41, 5.74) is 2.45. The van der Waals surface area contributed by atoms with E-state index in [0.29, 0.717) is 0 Å². The minimum absolute atomic E-state index is 0.133. The van der Waals surface area contributed by atoms with Crippen molar-refractivity contribution in [1.29, 1.82) is 0 Å². The van der Waals surface area contributed by atoms with Gasteiger partial charge in [0.15, 0.2) is 0 Å². The van der Waals surface area contributed by atoms with E-state index in [-0.39, 0.29) is 17.9 Å². The van der Waals surface area contributed by atoms with E-state index in [2.05, 4.69) is 48.7 Å². The molecule has 0 aromatic heterocycles. The molecule has 104 valence electrons. The Kier molecular flexibility index (Phi) is 4.97. The van der Waals surface area contributed by atoms with Crippen LogP contribution in [0.4, 0.5) is 0 Å². The number of hydrogen-bond donors (Lipinski definition) is 2. The second-order valence-corrected chi connectivity index (χ2v) is 5.42. The highest BCUT2D eigenvalue weighted by Gasteiger charge is 2.23. The van der Waals surface area contributed by atoms with Crippen LogP contribution in [0.25, 0.3) is 0 Å². The maximum atomic E-state index is 12.3. The number of piperidine rings is 1. The van der Waals surface area contributed by atoms with Crippen molar-refractivity contribution >= 4 is 5.91 Å². The highest BCUT2D eigenvalue weighted by molar-refractivity contribution is 5.79. The van der Waals surface area contributed by atoms with Gasteiger partial charge in [0.05, 0.1) is 12.0 Å². The summed E-state index contributed by atoms with van der Waals surface area (Å²) in [6.45, 7) is 6.05. The molecular formula is C16H24N2O. The smallest absolute Gasteiger partial charge is 0.224 e. The topological polar surface area (TPSA) is 41.1 Å². The number of carbonyl (C=O) groups is 1. The average Bonchev–Trinajstić information content (AvgIpc) is 2.46. The van der Waals surface area contributed by atoms with Crippen molar-refractivity contribution in [2.24, 2.45) is 5.92 Å². The molecule has 1 heterocycles. The van der Waals surface area contributed by atoms with Crippen molar-refractivity contribution in [1.82, 2.24) is 10.6 Å². The molecule has 2 atom stereocenters. The molecule has 2 rings (SSSR count). The molecule has 0 radical (unpaired) electrons. The zero-order chi connectivity index (χ0) is 13.7. The van der Waals surface area contributed by atoms with E-state index in [0.717, 1.165) is 32.4 Å². The Labute approximate surface area is 115 Å². The Hall–Kier alpha value is -1.35. The van der Waals surface area contributed by atoms with Crippen LogP contribution in [0.2, 0.25) is 0 Å². The fraction of sp³-hybridized carbons (Fsp3) is 0.562. The van der Waals surface area contributed by atoms with Crippen LogP contribution < -0.4 is 10.6 Å². The van der Waals surface area contributed by atoms with Crippen LogP contribution in [0.5, 0.6) is 0 Å². The summed E-state index contributed by atoms with van der Waals surface area (Å²) in [5.74, 6) is 0.327. The molecule has 1 aromatic rings. The summed E-state index contributed by atoms with van der Waals surface area (Å²) in [7, 11) is 0. The molecule has 0 aliphatic carbocycles. The van der Waals surface area contributed by atoms with Gasteiger partial charge in [0.1, 0.15) is 0 Å². The van der Waals surface area contributed by atoms with Crippen molar-refractivity contribution in [3.8, 4) is 0 Å². The van der Waals surface area contributed by atoms with Gasteiger partial charge in [0.2, 0.25) is 5.91 Å². The number of nitrogens with one attached hydrogen (secondary N) is 2. The van der Waals surface area contributed by atoms with Crippen molar-refractivity contribution in [2.75, 3.05) is 13.1 Å². The first-order valence-corrected chi connectivity index (χ1v) is 7.28. The van der Waals surface area contributed by atoms with Crippen molar-refractivity contribution in [2.45, 2.75) is 39.2 Å². The molecule has 0 saturated carbocycles. The third kappa shape index (κ3) is 3.80. The molecule has 1 aliphatic rings. The molecule has 1 unspecified atom stereocenters. The van der Waals surface area contributed by atoms with Crippen LogP contribution >= 0.6 is 0 Å². The summed E-state index contributed by atoms with van der Waals surface area (Å²) < 4.78 is 0. The third-order valence-corrected chi connectivity index (χ3v) is 3.87. The van der Waals surface area contributed by atoms with Crippen LogP contribution in [0.15, 0.2) is 24.3 Å². The maximum absolute atomic E-state index is 12.3. The Morgan fingerprint density at radius 1 is 1.42 bits per heavy atom. The van der Waals surface area contributed by atoms with Crippen LogP contribution in [-0.2, 0) is 4.79 Å².